The van der Waals surface area contributed by atoms with Gasteiger partial charge in [-0.3, -0.25) is 4.79 Å². The number of nitrogen functional groups attached to an aromatic ring is 1. The minimum absolute atomic E-state index is 0.0803. The number of hydrogen-bond acceptors (Lipinski definition) is 5. The van der Waals surface area contributed by atoms with Crippen LogP contribution in [-0.4, -0.2) is 33.3 Å². The lowest BCUT2D eigenvalue weighted by Crippen LogP contribution is -2.30. The molecule has 2 aromatic carbocycles. The fraction of sp³-hybridized carbons (Fsp3) is 0.370. The summed E-state index contributed by atoms with van der Waals surface area (Å²) in [6, 6.07) is 8.12. The molecule has 0 spiro atoms. The van der Waals surface area contributed by atoms with Crippen molar-refractivity contribution in [2.45, 2.75) is 63.3 Å². The summed E-state index contributed by atoms with van der Waals surface area (Å²) in [5.74, 6) is -1.95. The molecule has 196 valence electrons. The lowest BCUT2D eigenvalue weighted by atomic mass is 9.84. The largest absolute Gasteiger partial charge is 0.390 e. The van der Waals surface area contributed by atoms with E-state index in [0.717, 1.165) is 6.42 Å². The molecule has 1 amide bonds. The molecule has 1 unspecified atom stereocenters. The van der Waals surface area contributed by atoms with E-state index in [4.69, 9.17) is 5.73 Å². The molecule has 0 radical (unpaired) electrons. The van der Waals surface area contributed by atoms with Crippen LogP contribution in [-0.2, 0) is 0 Å². The van der Waals surface area contributed by atoms with Crippen LogP contribution in [0.25, 0.3) is 11.3 Å². The predicted molar refractivity (Wildman–Crippen MR) is 144 cm³/mol. The Kier molecular flexibility index (Phi) is 8.68. The molecule has 4 atom stereocenters. The van der Waals surface area contributed by atoms with E-state index in [1.807, 2.05) is 29.5 Å². The standard InChI is InChI=1S/C27H28F3IN4O2/c1-2-3-22(16-8-17(28)12-18(31)9-16)35-27(37)19-6-4-15(11-20(19)29)25-26(32)33-13-23(34-25)14-5-7-24(36)21(30)10-14/h4,6,8-9,11-14,21-22,24,36H,2-3,5,7,10H2,1H3,(H2,32,33)(H,35,37)/t14?,21-,22+,24-/m0/s1. The first kappa shape index (κ1) is 27.3. The van der Waals surface area contributed by atoms with Gasteiger partial charge >= 0.3 is 0 Å². The van der Waals surface area contributed by atoms with Crippen LogP contribution < -0.4 is 11.1 Å². The molecular formula is C27H28F3IN4O2. The van der Waals surface area contributed by atoms with Crippen LogP contribution in [0, 0.1) is 15.2 Å². The van der Waals surface area contributed by atoms with E-state index in [9.17, 15) is 18.7 Å². The Hall–Kier alpha value is -2.73. The Morgan fingerprint density at radius 3 is 2.70 bits per heavy atom. The number of alkyl halides is 1. The number of carbonyl (C=O) groups is 1. The zero-order valence-corrected chi connectivity index (χ0v) is 22.4. The van der Waals surface area contributed by atoms with Gasteiger partial charge in [-0.05, 0) is 84.2 Å². The highest BCUT2D eigenvalue weighted by Gasteiger charge is 2.31. The first-order valence-electron chi connectivity index (χ1n) is 12.2. The predicted octanol–water partition coefficient (Wildman–Crippen LogP) is 5.85. The van der Waals surface area contributed by atoms with Gasteiger partial charge in [0.25, 0.3) is 5.91 Å². The summed E-state index contributed by atoms with van der Waals surface area (Å²) >= 11 is 2.01. The van der Waals surface area contributed by atoms with Gasteiger partial charge in [0, 0.05) is 15.1 Å². The van der Waals surface area contributed by atoms with Gasteiger partial charge in [0.05, 0.1) is 29.6 Å². The van der Waals surface area contributed by atoms with Crippen molar-refractivity contribution < 1.29 is 23.1 Å². The third-order valence-corrected chi connectivity index (χ3v) is 7.26. The fourth-order valence-corrected chi connectivity index (χ4v) is 5.32. The highest BCUT2D eigenvalue weighted by Crippen LogP contribution is 2.35. The number of aliphatic hydroxyl groups excluding tert-OH is 1. The van der Waals surface area contributed by atoms with E-state index in [1.54, 1.807) is 6.07 Å². The van der Waals surface area contributed by atoms with Gasteiger partial charge in [-0.1, -0.05) is 19.4 Å². The number of aliphatic hydroxyl groups is 1. The SMILES string of the molecule is CCC[C@@H](NC(=O)c1ccc(-c2nc(C3CC[C@H](O)[C@@H](F)C3)cnc2N)cc1F)c1cc(F)cc(I)c1. The molecule has 1 aliphatic carbocycles. The average Bonchev–Trinajstić information content (AvgIpc) is 2.85. The molecule has 4 N–H and O–H groups in total. The highest BCUT2D eigenvalue weighted by molar-refractivity contribution is 14.1. The molecule has 1 heterocycles. The maximum atomic E-state index is 15.1. The molecule has 0 saturated heterocycles. The second-order valence-corrected chi connectivity index (χ2v) is 10.6. The second-order valence-electron chi connectivity index (χ2n) is 9.33. The molecule has 6 nitrogen and oxygen atoms in total. The summed E-state index contributed by atoms with van der Waals surface area (Å²) in [7, 11) is 0. The molecule has 37 heavy (non-hydrogen) atoms. The first-order valence-corrected chi connectivity index (χ1v) is 13.3. The third kappa shape index (κ3) is 6.40. The van der Waals surface area contributed by atoms with Crippen molar-refractivity contribution in [3.8, 4) is 11.3 Å². The lowest BCUT2D eigenvalue weighted by Gasteiger charge is -2.28. The molecule has 0 bridgehead atoms. The van der Waals surface area contributed by atoms with E-state index in [1.165, 1.54) is 36.5 Å². The van der Waals surface area contributed by atoms with Crippen molar-refractivity contribution in [2.24, 2.45) is 0 Å². The van der Waals surface area contributed by atoms with Gasteiger partial charge in [-0.15, -0.1) is 0 Å². The van der Waals surface area contributed by atoms with Crippen LogP contribution >= 0.6 is 22.6 Å². The number of amides is 1. The Labute approximate surface area is 227 Å². The Balaban J connectivity index is 1.56. The van der Waals surface area contributed by atoms with Crippen molar-refractivity contribution in [2.75, 3.05) is 5.73 Å². The normalized spacial score (nSPS) is 20.4. The quantitative estimate of drug-likeness (QED) is 0.287. The second kappa shape index (κ2) is 11.8. The van der Waals surface area contributed by atoms with Crippen LogP contribution in [0.15, 0.2) is 42.6 Å². The molecule has 4 rings (SSSR count). The van der Waals surface area contributed by atoms with Gasteiger partial charge < -0.3 is 16.2 Å². The number of rotatable bonds is 7. The maximum absolute atomic E-state index is 15.1. The first-order chi connectivity index (χ1) is 17.7. The number of aromatic nitrogens is 2. The fourth-order valence-electron chi connectivity index (χ4n) is 4.66. The van der Waals surface area contributed by atoms with E-state index >= 15 is 4.39 Å². The van der Waals surface area contributed by atoms with E-state index in [-0.39, 0.29) is 29.4 Å². The summed E-state index contributed by atoms with van der Waals surface area (Å²) in [4.78, 5) is 21.7. The number of carbonyl (C=O) groups excluding carboxylic acids is 1. The smallest absolute Gasteiger partial charge is 0.254 e. The minimum atomic E-state index is -1.34. The van der Waals surface area contributed by atoms with Crippen molar-refractivity contribution in [1.29, 1.82) is 0 Å². The topological polar surface area (TPSA) is 101 Å². The molecular weight excluding hydrogens is 596 g/mol. The molecule has 1 aromatic heterocycles. The van der Waals surface area contributed by atoms with Gasteiger partial charge in [-0.2, -0.15) is 0 Å². The van der Waals surface area contributed by atoms with Crippen molar-refractivity contribution in [3.05, 3.63) is 74.6 Å². The number of nitrogens with zero attached hydrogens (tertiary/aromatic N) is 2. The van der Waals surface area contributed by atoms with Gasteiger partial charge in [0.15, 0.2) is 0 Å². The Morgan fingerprint density at radius 2 is 2.03 bits per heavy atom. The molecule has 1 saturated carbocycles. The van der Waals surface area contributed by atoms with Crippen LogP contribution in [0.2, 0.25) is 0 Å². The van der Waals surface area contributed by atoms with Crippen LogP contribution in [0.1, 0.15) is 72.6 Å². The number of halogens is 4. The summed E-state index contributed by atoms with van der Waals surface area (Å²) in [6.07, 6.45) is 1.44. The third-order valence-electron chi connectivity index (χ3n) is 6.63. The van der Waals surface area contributed by atoms with Crippen molar-refractivity contribution in [3.63, 3.8) is 0 Å². The van der Waals surface area contributed by atoms with Gasteiger partial charge in [0.1, 0.15) is 29.3 Å². The molecule has 3 aromatic rings. The molecule has 0 aliphatic heterocycles. The monoisotopic (exact) mass is 624 g/mol. The van der Waals surface area contributed by atoms with E-state index in [2.05, 4.69) is 15.3 Å². The van der Waals surface area contributed by atoms with Crippen LogP contribution in [0.4, 0.5) is 19.0 Å². The van der Waals surface area contributed by atoms with Crippen LogP contribution in [0.5, 0.6) is 0 Å². The van der Waals surface area contributed by atoms with Gasteiger partial charge in [0.2, 0.25) is 0 Å². The van der Waals surface area contributed by atoms with Crippen LogP contribution in [0.3, 0.4) is 0 Å². The maximum Gasteiger partial charge on any atom is 0.254 e. The molecule has 10 heteroatoms. The van der Waals surface area contributed by atoms with Crippen molar-refractivity contribution >= 4 is 34.3 Å². The van der Waals surface area contributed by atoms with Crippen molar-refractivity contribution in [1.82, 2.24) is 15.3 Å². The summed E-state index contributed by atoms with van der Waals surface area (Å²) < 4.78 is 43.8. The lowest BCUT2D eigenvalue weighted by molar-refractivity contribution is 0.0363. The molecule has 1 fully saturated rings. The van der Waals surface area contributed by atoms with Gasteiger partial charge in [-0.25, -0.2) is 23.1 Å². The number of hydrogen-bond donors (Lipinski definition) is 3. The molecule has 1 aliphatic rings. The van der Waals surface area contributed by atoms with E-state index in [0.29, 0.717) is 39.7 Å². The number of nitrogens with two attached hydrogens (primary N) is 1. The summed E-state index contributed by atoms with van der Waals surface area (Å²) in [5, 5.41) is 12.5. The summed E-state index contributed by atoms with van der Waals surface area (Å²) in [5.41, 5.74) is 7.55. The Bertz CT molecular complexity index is 1270. The highest BCUT2D eigenvalue weighted by atomic mass is 127. The van der Waals surface area contributed by atoms with E-state index < -0.39 is 35.9 Å². The zero-order valence-electron chi connectivity index (χ0n) is 20.2. The zero-order chi connectivity index (χ0) is 26.7. The Morgan fingerprint density at radius 1 is 1.24 bits per heavy atom. The number of nitrogens with one attached hydrogen (secondary N) is 1. The number of benzene rings is 2. The average molecular weight is 624 g/mol. The summed E-state index contributed by atoms with van der Waals surface area (Å²) in [6.45, 7) is 1.95. The minimum Gasteiger partial charge on any atom is -0.390 e. The number of anilines is 1.